The smallest absolute Gasteiger partial charge is 0.280 e. The van der Waals surface area contributed by atoms with Gasteiger partial charge >= 0.3 is 0 Å². The Morgan fingerprint density at radius 3 is 2.61 bits per heavy atom. The number of imide groups is 1. The third-order valence-electron chi connectivity index (χ3n) is 4.04. The molecule has 114 valence electrons. The van der Waals surface area contributed by atoms with Crippen LogP contribution >= 0.6 is 0 Å². The Hall–Kier alpha value is -3.13. The Labute approximate surface area is 134 Å². The molecular formula is C18H15N3O2. The highest BCUT2D eigenvalue weighted by atomic mass is 16.2. The summed E-state index contributed by atoms with van der Waals surface area (Å²) in [6.07, 6.45) is 3.16. The summed E-state index contributed by atoms with van der Waals surface area (Å²) in [6.45, 7) is 0.766. The number of carbonyl (C=O) groups is 2. The minimum absolute atomic E-state index is 0.352. The van der Waals surface area contributed by atoms with Gasteiger partial charge < -0.3 is 4.90 Å². The zero-order valence-electron chi connectivity index (χ0n) is 12.7. The molecule has 3 rings (SSSR count). The van der Waals surface area contributed by atoms with E-state index in [0.717, 1.165) is 23.3 Å². The van der Waals surface area contributed by atoms with Crippen molar-refractivity contribution in [3.63, 3.8) is 0 Å². The molecule has 2 aromatic rings. The maximum atomic E-state index is 12.7. The van der Waals surface area contributed by atoms with E-state index >= 15 is 0 Å². The van der Waals surface area contributed by atoms with Crippen molar-refractivity contribution >= 4 is 28.8 Å². The Kier molecular flexibility index (Phi) is 3.82. The van der Waals surface area contributed by atoms with E-state index in [1.165, 1.54) is 0 Å². The number of fused-ring (bicyclic) bond motifs is 1. The van der Waals surface area contributed by atoms with E-state index in [1.807, 2.05) is 42.3 Å². The predicted molar refractivity (Wildman–Crippen MR) is 87.5 cm³/mol. The van der Waals surface area contributed by atoms with E-state index < -0.39 is 0 Å². The fourth-order valence-electron chi connectivity index (χ4n) is 2.85. The van der Waals surface area contributed by atoms with Crippen LogP contribution in [0.1, 0.15) is 12.0 Å². The molecule has 0 spiro atoms. The molecule has 0 atom stereocenters. The summed E-state index contributed by atoms with van der Waals surface area (Å²) in [7, 11) is 1.83. The molecule has 1 aliphatic heterocycles. The fourth-order valence-corrected chi connectivity index (χ4v) is 2.85. The van der Waals surface area contributed by atoms with Crippen molar-refractivity contribution in [2.75, 3.05) is 18.5 Å². The predicted octanol–water partition coefficient (Wildman–Crippen LogP) is 2.42. The zero-order valence-corrected chi connectivity index (χ0v) is 12.7. The van der Waals surface area contributed by atoms with Crippen LogP contribution in [0, 0.1) is 11.3 Å². The third-order valence-corrected chi connectivity index (χ3v) is 4.04. The van der Waals surface area contributed by atoms with Crippen LogP contribution in [0.15, 0.2) is 48.2 Å². The topological polar surface area (TPSA) is 64.4 Å². The summed E-state index contributed by atoms with van der Waals surface area (Å²) >= 11 is 0. The molecule has 1 aliphatic rings. The van der Waals surface area contributed by atoms with E-state index in [9.17, 15) is 14.9 Å². The third kappa shape index (κ3) is 2.44. The number of amides is 2. The van der Waals surface area contributed by atoms with Crippen molar-refractivity contribution in [1.29, 1.82) is 5.26 Å². The van der Waals surface area contributed by atoms with Crippen molar-refractivity contribution < 1.29 is 9.59 Å². The molecule has 0 fully saturated rings. The number of likely N-dealkylation sites (N-methyl/N-ethyl adjacent to an activating group) is 1. The molecule has 0 aromatic heterocycles. The molecule has 0 unspecified atom stereocenters. The number of carbonyl (C=O) groups excluding carboxylic acids is 2. The van der Waals surface area contributed by atoms with Gasteiger partial charge in [0.15, 0.2) is 0 Å². The second-order valence-electron chi connectivity index (χ2n) is 5.37. The summed E-state index contributed by atoms with van der Waals surface area (Å²) in [5.41, 5.74) is 1.52. The lowest BCUT2D eigenvalue weighted by molar-refractivity contribution is -0.120. The molecule has 1 heterocycles. The van der Waals surface area contributed by atoms with Gasteiger partial charge in [0.1, 0.15) is 0 Å². The van der Waals surface area contributed by atoms with Crippen LogP contribution in [0.3, 0.4) is 0 Å². The van der Waals surface area contributed by atoms with Crippen molar-refractivity contribution in [2.24, 2.45) is 0 Å². The van der Waals surface area contributed by atoms with Gasteiger partial charge in [0.2, 0.25) is 6.41 Å². The molecule has 2 amide bonds. The lowest BCUT2D eigenvalue weighted by atomic mass is 10.0. The molecule has 0 radical (unpaired) electrons. The Morgan fingerprint density at radius 1 is 1.26 bits per heavy atom. The van der Waals surface area contributed by atoms with Gasteiger partial charge in [-0.1, -0.05) is 30.3 Å². The summed E-state index contributed by atoms with van der Waals surface area (Å²) in [5, 5.41) is 10.6. The highest BCUT2D eigenvalue weighted by Crippen LogP contribution is 2.30. The maximum absolute atomic E-state index is 12.7. The van der Waals surface area contributed by atoms with Crippen LogP contribution < -0.4 is 4.90 Å². The van der Waals surface area contributed by atoms with Crippen LogP contribution in [0.25, 0.3) is 10.8 Å². The highest BCUT2D eigenvalue weighted by Gasteiger charge is 2.26. The van der Waals surface area contributed by atoms with Crippen LogP contribution in [-0.2, 0) is 9.59 Å². The zero-order chi connectivity index (χ0) is 16.4. The Balaban J connectivity index is 2.13. The van der Waals surface area contributed by atoms with Gasteiger partial charge in [-0.05, 0) is 18.6 Å². The molecule has 2 aromatic carbocycles. The highest BCUT2D eigenvalue weighted by molar-refractivity contribution is 6.19. The lowest BCUT2D eigenvalue weighted by Gasteiger charge is -2.22. The van der Waals surface area contributed by atoms with E-state index in [2.05, 4.69) is 6.07 Å². The van der Waals surface area contributed by atoms with E-state index in [-0.39, 0.29) is 5.91 Å². The number of nitrogens with zero attached hydrogens (tertiary/aromatic N) is 3. The number of rotatable bonds is 3. The first-order valence-electron chi connectivity index (χ1n) is 7.29. The average Bonchev–Trinajstić information content (AvgIpc) is 3.01. The Bertz CT molecular complexity index is 864. The standard InChI is InChI=1S/C18H15N3O2/c1-20-10-4-7-17(20)18(23)21(12-22)16-9-8-13(11-19)14-5-2-3-6-15(14)16/h2-3,5-9,12H,4,10H2,1H3. The van der Waals surface area contributed by atoms with Crippen LogP contribution in [0.4, 0.5) is 5.69 Å². The minimum Gasteiger partial charge on any atom is -0.370 e. The fraction of sp³-hybridized carbons (Fsp3) is 0.167. The lowest BCUT2D eigenvalue weighted by Crippen LogP contribution is -2.35. The van der Waals surface area contributed by atoms with E-state index in [1.54, 1.807) is 12.1 Å². The number of nitriles is 1. The van der Waals surface area contributed by atoms with Gasteiger partial charge in [0.25, 0.3) is 5.91 Å². The number of anilines is 1. The number of hydrogen-bond donors (Lipinski definition) is 0. The van der Waals surface area contributed by atoms with Crippen LogP contribution in [0.5, 0.6) is 0 Å². The molecular weight excluding hydrogens is 290 g/mol. The van der Waals surface area contributed by atoms with Gasteiger partial charge in [-0.3, -0.25) is 9.59 Å². The number of hydrogen-bond acceptors (Lipinski definition) is 4. The summed E-state index contributed by atoms with van der Waals surface area (Å²) in [6, 6.07) is 12.7. The Morgan fingerprint density at radius 2 is 2.00 bits per heavy atom. The molecule has 0 bridgehead atoms. The first-order chi connectivity index (χ1) is 11.2. The normalized spacial score (nSPS) is 13.6. The number of benzene rings is 2. The minimum atomic E-state index is -0.352. The largest absolute Gasteiger partial charge is 0.370 e. The first kappa shape index (κ1) is 14.8. The van der Waals surface area contributed by atoms with Gasteiger partial charge in [-0.25, -0.2) is 4.90 Å². The summed E-state index contributed by atoms with van der Waals surface area (Å²) < 4.78 is 0. The second kappa shape index (κ2) is 5.93. The molecule has 5 nitrogen and oxygen atoms in total. The average molecular weight is 305 g/mol. The molecule has 5 heteroatoms. The van der Waals surface area contributed by atoms with Crippen molar-refractivity contribution in [3.8, 4) is 6.07 Å². The molecule has 0 saturated heterocycles. The monoisotopic (exact) mass is 305 g/mol. The molecule has 23 heavy (non-hydrogen) atoms. The van der Waals surface area contributed by atoms with Crippen molar-refractivity contribution in [2.45, 2.75) is 6.42 Å². The van der Waals surface area contributed by atoms with Crippen LogP contribution in [0.2, 0.25) is 0 Å². The van der Waals surface area contributed by atoms with Gasteiger partial charge in [0.05, 0.1) is 23.0 Å². The van der Waals surface area contributed by atoms with Crippen molar-refractivity contribution in [1.82, 2.24) is 4.90 Å². The second-order valence-corrected chi connectivity index (χ2v) is 5.37. The first-order valence-corrected chi connectivity index (χ1v) is 7.29. The van der Waals surface area contributed by atoms with E-state index in [4.69, 9.17) is 0 Å². The maximum Gasteiger partial charge on any atom is 0.280 e. The summed E-state index contributed by atoms with van der Waals surface area (Å²) in [5.74, 6) is -0.352. The van der Waals surface area contributed by atoms with Gasteiger partial charge in [0, 0.05) is 24.4 Å². The van der Waals surface area contributed by atoms with Gasteiger partial charge in [-0.2, -0.15) is 5.26 Å². The van der Waals surface area contributed by atoms with Crippen molar-refractivity contribution in [3.05, 3.63) is 53.7 Å². The molecule has 0 saturated carbocycles. The van der Waals surface area contributed by atoms with Crippen LogP contribution in [-0.4, -0.2) is 30.8 Å². The SMILES string of the molecule is CN1CCC=C1C(=O)N(C=O)c1ccc(C#N)c2ccccc12. The van der Waals surface area contributed by atoms with Gasteiger partial charge in [-0.15, -0.1) is 0 Å². The molecule has 0 N–H and O–H groups in total. The molecule has 0 aliphatic carbocycles. The van der Waals surface area contributed by atoms with E-state index in [0.29, 0.717) is 28.7 Å². The summed E-state index contributed by atoms with van der Waals surface area (Å²) in [4.78, 5) is 27.3. The quantitative estimate of drug-likeness (QED) is 0.817.